The van der Waals surface area contributed by atoms with Crippen molar-refractivity contribution in [3.63, 3.8) is 0 Å². The minimum atomic E-state index is -3.39. The summed E-state index contributed by atoms with van der Waals surface area (Å²) < 4.78 is 52.5. The summed E-state index contributed by atoms with van der Waals surface area (Å²) in [6.07, 6.45) is 20.4. The highest BCUT2D eigenvalue weighted by Crippen LogP contribution is 2.61. The van der Waals surface area contributed by atoms with Crippen LogP contribution in [0.1, 0.15) is 169 Å². The molecular formula is C64H92O10S2. The van der Waals surface area contributed by atoms with E-state index >= 15 is 0 Å². The summed E-state index contributed by atoms with van der Waals surface area (Å²) >= 11 is 0. The highest BCUT2D eigenvalue weighted by molar-refractivity contribution is 7.91. The summed E-state index contributed by atoms with van der Waals surface area (Å²) in [5.41, 5.74) is 5.94. The van der Waals surface area contributed by atoms with Gasteiger partial charge in [-0.15, -0.1) is 0 Å². The van der Waals surface area contributed by atoms with Crippen molar-refractivity contribution in [2.75, 3.05) is 11.5 Å². The van der Waals surface area contributed by atoms with E-state index in [9.17, 15) is 47.5 Å². The Kier molecular flexibility index (Phi) is 18.8. The Morgan fingerprint density at radius 2 is 0.921 bits per heavy atom. The van der Waals surface area contributed by atoms with E-state index in [2.05, 4.69) is 65.2 Å². The van der Waals surface area contributed by atoms with Crippen LogP contribution in [0.4, 0.5) is 0 Å². The molecule has 10 nitrogen and oxygen atoms in total. The third kappa shape index (κ3) is 13.6. The molecule has 0 amide bonds. The lowest BCUT2D eigenvalue weighted by atomic mass is 9.61. The lowest BCUT2D eigenvalue weighted by Crippen LogP contribution is -2.36. The molecule has 12 atom stereocenters. The van der Waals surface area contributed by atoms with Gasteiger partial charge in [-0.2, -0.15) is 0 Å². The van der Waals surface area contributed by atoms with Crippen LogP contribution in [0, 0.1) is 46.3 Å². The van der Waals surface area contributed by atoms with Crippen molar-refractivity contribution in [2.24, 2.45) is 46.3 Å². The molecule has 2 aromatic carbocycles. The average Bonchev–Trinajstić information content (AvgIpc) is 3.91. The number of hydrogen-bond acceptors (Lipinski definition) is 10. The smallest absolute Gasteiger partial charge is 0.178 e. The van der Waals surface area contributed by atoms with Gasteiger partial charge in [0.2, 0.25) is 0 Å². The Morgan fingerprint density at radius 3 is 1.25 bits per heavy atom. The second kappa shape index (κ2) is 23.7. The van der Waals surface area contributed by atoms with Gasteiger partial charge in [0.1, 0.15) is 0 Å². The summed E-state index contributed by atoms with van der Waals surface area (Å²) in [5, 5.41) is 60.9. The van der Waals surface area contributed by atoms with Crippen molar-refractivity contribution in [2.45, 2.75) is 204 Å². The van der Waals surface area contributed by atoms with Crippen molar-refractivity contribution >= 4 is 19.7 Å². The normalized spacial score (nSPS) is 33.5. The maximum atomic E-state index is 13.1. The molecule has 2 aromatic rings. The first kappa shape index (κ1) is 60.2. The average molecular weight is 1090 g/mol. The van der Waals surface area contributed by atoms with Gasteiger partial charge in [-0.1, -0.05) is 101 Å². The van der Waals surface area contributed by atoms with Gasteiger partial charge < -0.3 is 30.6 Å². The molecule has 6 fully saturated rings. The van der Waals surface area contributed by atoms with Gasteiger partial charge in [-0.3, -0.25) is 0 Å². The van der Waals surface area contributed by atoms with Crippen molar-refractivity contribution in [3.8, 4) is 0 Å². The van der Waals surface area contributed by atoms with Crippen LogP contribution in [0.25, 0.3) is 0 Å². The SMILES string of the molecule is C=C1/C(=C\C=C2/CCC[C@]3(C)[C@@H]([C@H](C)CCS(=O)(=O)c4ccc(C(C)(C)O)cc4)CC[C@@H]23)C[C@@H](O)C[C@@H]1O.C=C1/C(=C\C=C2/CCC[C@]3(C)[C@@H]([C@H](C)CCS(=O)(=O)c4ccc(C(C)(C)O)cc4)CC[C@@H]23)C[C@H](O)C[C@H]1O. The van der Waals surface area contributed by atoms with Crippen molar-refractivity contribution < 1.29 is 47.5 Å². The zero-order chi connectivity index (χ0) is 55.8. The van der Waals surface area contributed by atoms with Crippen LogP contribution >= 0.6 is 0 Å². The fourth-order valence-electron chi connectivity index (χ4n) is 14.8. The molecule has 0 bridgehead atoms. The Balaban J connectivity index is 0.000000221. The van der Waals surface area contributed by atoms with Gasteiger partial charge in [0.25, 0.3) is 0 Å². The molecular weight excluding hydrogens is 993 g/mol. The standard InChI is InChI=1S/2C32H46O5S/c2*1-21(16-18-38(36,37)27-12-10-25(11-13-27)31(3,4)35)28-14-15-29-23(7-6-17-32(28,29)5)8-9-24-19-26(33)20-30(34)22(24)2/h2*8-13,21,26,28-30,33-35H,2,6-7,14-20H2,1,3-5H3/b2*23-8+,24-9-/t21-,26+,28-,29+,30-,32-;21-,26-,28-,29+,30+,32-/m11/s1. The van der Waals surface area contributed by atoms with Crippen LogP contribution in [0.5, 0.6) is 0 Å². The van der Waals surface area contributed by atoms with Gasteiger partial charge in [0.15, 0.2) is 19.7 Å². The van der Waals surface area contributed by atoms with E-state index in [1.165, 1.54) is 11.1 Å². The zero-order valence-corrected chi connectivity index (χ0v) is 48.6. The zero-order valence-electron chi connectivity index (χ0n) is 47.0. The maximum absolute atomic E-state index is 13.1. The van der Waals surface area contributed by atoms with E-state index in [4.69, 9.17) is 0 Å². The molecule has 0 spiro atoms. The largest absolute Gasteiger partial charge is 0.393 e. The monoisotopic (exact) mass is 1080 g/mol. The summed E-state index contributed by atoms with van der Waals surface area (Å²) in [6, 6.07) is 13.3. The third-order valence-corrected chi connectivity index (χ3v) is 23.0. The first-order chi connectivity index (χ1) is 35.4. The lowest BCUT2D eigenvalue weighted by Gasteiger charge is -2.44. The van der Waals surface area contributed by atoms with Gasteiger partial charge in [-0.05, 0) is 222 Å². The third-order valence-electron chi connectivity index (χ3n) is 19.5. The molecule has 420 valence electrons. The number of aliphatic hydroxyl groups is 6. The van der Waals surface area contributed by atoms with E-state index in [1.807, 2.05) is 0 Å². The van der Waals surface area contributed by atoms with Crippen molar-refractivity contribution in [1.29, 1.82) is 0 Å². The van der Waals surface area contributed by atoms with Crippen LogP contribution in [-0.2, 0) is 30.9 Å². The molecule has 0 saturated heterocycles. The van der Waals surface area contributed by atoms with Crippen LogP contribution in [0.2, 0.25) is 0 Å². The molecule has 6 N–H and O–H groups in total. The quantitative estimate of drug-likeness (QED) is 0.106. The van der Waals surface area contributed by atoms with Crippen molar-refractivity contribution in [1.82, 2.24) is 0 Å². The summed E-state index contributed by atoms with van der Waals surface area (Å²) in [7, 11) is -6.78. The molecule has 0 heterocycles. The molecule has 0 radical (unpaired) electrons. The summed E-state index contributed by atoms with van der Waals surface area (Å²) in [4.78, 5) is 0.646. The Morgan fingerprint density at radius 1 is 0.579 bits per heavy atom. The lowest BCUT2D eigenvalue weighted by molar-refractivity contribution is 0.0780. The van der Waals surface area contributed by atoms with Crippen LogP contribution < -0.4 is 0 Å². The number of fused-ring (bicyclic) bond motifs is 2. The maximum Gasteiger partial charge on any atom is 0.178 e. The van der Waals surface area contributed by atoms with Crippen LogP contribution in [0.3, 0.4) is 0 Å². The molecule has 76 heavy (non-hydrogen) atoms. The molecule has 6 aliphatic carbocycles. The highest BCUT2D eigenvalue weighted by atomic mass is 32.2. The van der Waals surface area contributed by atoms with Gasteiger partial charge in [0.05, 0.1) is 56.9 Å². The van der Waals surface area contributed by atoms with E-state index in [0.717, 1.165) is 86.5 Å². The number of hydrogen-bond donors (Lipinski definition) is 6. The molecule has 0 aromatic heterocycles. The van der Waals surface area contributed by atoms with E-state index in [1.54, 1.807) is 76.2 Å². The van der Waals surface area contributed by atoms with Crippen LogP contribution in [0.15, 0.2) is 129 Å². The molecule has 12 heteroatoms. The number of rotatable bonds is 14. The molecule has 0 aliphatic heterocycles. The van der Waals surface area contributed by atoms with Crippen molar-refractivity contribution in [3.05, 3.63) is 131 Å². The Bertz CT molecular complexity index is 2560. The number of benzene rings is 2. The Hall–Kier alpha value is -3.46. The number of aliphatic hydroxyl groups excluding tert-OH is 4. The fourth-order valence-corrected chi connectivity index (χ4v) is 17.8. The number of allylic oxidation sites excluding steroid dienone is 6. The second-order valence-electron chi connectivity index (χ2n) is 25.7. The molecule has 6 saturated carbocycles. The molecule has 0 unspecified atom stereocenters. The Labute approximate surface area is 456 Å². The van der Waals surface area contributed by atoms with E-state index in [0.29, 0.717) is 95.0 Å². The summed E-state index contributed by atoms with van der Waals surface area (Å²) in [5.74, 6) is 2.79. The minimum absolute atomic E-state index is 0.134. The van der Waals surface area contributed by atoms with E-state index in [-0.39, 0.29) is 22.3 Å². The van der Waals surface area contributed by atoms with E-state index < -0.39 is 55.3 Å². The molecule has 8 rings (SSSR count). The topological polar surface area (TPSA) is 190 Å². The van der Waals surface area contributed by atoms with Gasteiger partial charge in [-0.25, -0.2) is 16.8 Å². The number of sulfone groups is 2. The van der Waals surface area contributed by atoms with Crippen LogP contribution in [-0.4, -0.2) is 83.4 Å². The second-order valence-corrected chi connectivity index (χ2v) is 29.9. The fraction of sp³-hybridized carbons (Fsp3) is 0.625. The predicted octanol–water partition coefficient (Wildman–Crippen LogP) is 11.7. The first-order valence-corrected chi connectivity index (χ1v) is 31.8. The van der Waals surface area contributed by atoms with Gasteiger partial charge in [0, 0.05) is 12.8 Å². The predicted molar refractivity (Wildman–Crippen MR) is 304 cm³/mol. The molecule has 6 aliphatic rings. The minimum Gasteiger partial charge on any atom is -0.393 e. The summed E-state index contributed by atoms with van der Waals surface area (Å²) in [6.45, 7) is 24.1. The highest BCUT2D eigenvalue weighted by Gasteiger charge is 2.52. The first-order valence-electron chi connectivity index (χ1n) is 28.5. The van der Waals surface area contributed by atoms with Gasteiger partial charge >= 0.3 is 0 Å².